The third-order valence-corrected chi connectivity index (χ3v) is 4.34. The Bertz CT molecular complexity index is 1210. The molecule has 0 fully saturated rings. The summed E-state index contributed by atoms with van der Waals surface area (Å²) in [5, 5.41) is 15.0. The predicted octanol–water partition coefficient (Wildman–Crippen LogP) is 4.76. The van der Waals surface area contributed by atoms with E-state index in [9.17, 15) is 10.1 Å². The van der Waals surface area contributed by atoms with E-state index in [1.807, 2.05) is 66.7 Å². The largest absolute Gasteiger partial charge is 0.462 e. The number of carbonyl (C=O) groups excluding carboxylic acids is 1. The first kappa shape index (κ1) is 18.3. The zero-order valence-corrected chi connectivity index (χ0v) is 15.7. The van der Waals surface area contributed by atoms with E-state index >= 15 is 0 Å². The molecule has 0 aliphatic rings. The molecule has 0 aliphatic carbocycles. The quantitative estimate of drug-likeness (QED) is 0.282. The summed E-state index contributed by atoms with van der Waals surface area (Å²) < 4.78 is 12.6. The standard InChI is InChI=1S/C23H17N3O3/c1-2-28-23(27)17(14-24)12-18-15-26(19-9-4-3-5-10-19)25-22(18)21-13-16-8-6-7-11-20(16)29-21/h3-13,15H,2H2,1H3/b17-12+. The summed E-state index contributed by atoms with van der Waals surface area (Å²) in [6, 6.07) is 21.0. The molecule has 0 N–H and O–H groups in total. The van der Waals surface area contributed by atoms with Crippen LogP contribution >= 0.6 is 0 Å². The number of furan rings is 1. The molecule has 4 aromatic rings. The van der Waals surface area contributed by atoms with Crippen molar-refractivity contribution in [2.24, 2.45) is 0 Å². The van der Waals surface area contributed by atoms with Crippen LogP contribution in [0, 0.1) is 11.3 Å². The number of benzene rings is 2. The molecular weight excluding hydrogens is 366 g/mol. The number of ether oxygens (including phenoxy) is 1. The summed E-state index contributed by atoms with van der Waals surface area (Å²) in [5.41, 5.74) is 2.59. The van der Waals surface area contributed by atoms with Crippen molar-refractivity contribution in [1.29, 1.82) is 5.26 Å². The number of hydrogen-bond acceptors (Lipinski definition) is 5. The van der Waals surface area contributed by atoms with Crippen molar-refractivity contribution in [3.05, 3.63) is 78.0 Å². The van der Waals surface area contributed by atoms with Crippen LogP contribution in [0.3, 0.4) is 0 Å². The maximum Gasteiger partial charge on any atom is 0.348 e. The molecule has 2 aromatic carbocycles. The number of carbonyl (C=O) groups is 1. The average Bonchev–Trinajstić information content (AvgIpc) is 3.36. The molecule has 0 spiro atoms. The molecule has 6 nitrogen and oxygen atoms in total. The molecule has 0 bridgehead atoms. The maximum absolute atomic E-state index is 12.1. The van der Waals surface area contributed by atoms with Gasteiger partial charge in [0.2, 0.25) is 0 Å². The number of para-hydroxylation sites is 2. The van der Waals surface area contributed by atoms with Crippen molar-refractivity contribution in [3.8, 4) is 23.2 Å². The second-order valence-electron chi connectivity index (χ2n) is 6.25. The molecule has 0 saturated carbocycles. The van der Waals surface area contributed by atoms with E-state index in [2.05, 4.69) is 5.10 Å². The molecule has 2 heterocycles. The van der Waals surface area contributed by atoms with Crippen molar-refractivity contribution in [1.82, 2.24) is 9.78 Å². The molecule has 0 aliphatic heterocycles. The van der Waals surface area contributed by atoms with Gasteiger partial charge < -0.3 is 9.15 Å². The monoisotopic (exact) mass is 383 g/mol. The first-order valence-corrected chi connectivity index (χ1v) is 9.12. The second kappa shape index (κ2) is 7.87. The van der Waals surface area contributed by atoms with Crippen LogP contribution in [0.15, 0.2) is 76.9 Å². The fourth-order valence-electron chi connectivity index (χ4n) is 3.00. The van der Waals surface area contributed by atoms with E-state index in [1.54, 1.807) is 17.8 Å². The Morgan fingerprint density at radius 2 is 1.97 bits per heavy atom. The van der Waals surface area contributed by atoms with Crippen molar-refractivity contribution in [2.75, 3.05) is 6.61 Å². The maximum atomic E-state index is 12.1. The van der Waals surface area contributed by atoms with Gasteiger partial charge in [0, 0.05) is 17.1 Å². The Hall–Kier alpha value is -4.11. The van der Waals surface area contributed by atoms with Gasteiger partial charge in [0.25, 0.3) is 0 Å². The molecule has 2 aromatic heterocycles. The van der Waals surface area contributed by atoms with Gasteiger partial charge in [-0.15, -0.1) is 0 Å². The van der Waals surface area contributed by atoms with Crippen LogP contribution in [0.2, 0.25) is 0 Å². The van der Waals surface area contributed by atoms with Crippen molar-refractivity contribution < 1.29 is 13.9 Å². The van der Waals surface area contributed by atoms with Crippen molar-refractivity contribution in [2.45, 2.75) is 6.92 Å². The van der Waals surface area contributed by atoms with Gasteiger partial charge in [-0.1, -0.05) is 36.4 Å². The second-order valence-corrected chi connectivity index (χ2v) is 6.25. The van der Waals surface area contributed by atoms with Gasteiger partial charge in [0.1, 0.15) is 22.9 Å². The van der Waals surface area contributed by atoms with E-state index in [0.717, 1.165) is 16.7 Å². The van der Waals surface area contributed by atoms with Gasteiger partial charge in [-0.2, -0.15) is 10.4 Å². The highest BCUT2D eigenvalue weighted by Gasteiger charge is 2.18. The topological polar surface area (TPSA) is 81.0 Å². The molecule has 142 valence electrons. The smallest absolute Gasteiger partial charge is 0.348 e. The highest BCUT2D eigenvalue weighted by atomic mass is 16.5. The number of nitrogens with zero attached hydrogens (tertiary/aromatic N) is 3. The average molecular weight is 383 g/mol. The van der Waals surface area contributed by atoms with E-state index in [4.69, 9.17) is 9.15 Å². The van der Waals surface area contributed by atoms with E-state index < -0.39 is 5.97 Å². The summed E-state index contributed by atoms with van der Waals surface area (Å²) in [7, 11) is 0. The zero-order valence-electron chi connectivity index (χ0n) is 15.7. The number of hydrogen-bond donors (Lipinski definition) is 0. The Morgan fingerprint density at radius 3 is 2.69 bits per heavy atom. The lowest BCUT2D eigenvalue weighted by molar-refractivity contribution is -0.137. The van der Waals surface area contributed by atoms with Crippen LogP contribution in [-0.2, 0) is 9.53 Å². The molecular formula is C23H17N3O3. The van der Waals surface area contributed by atoms with Crippen molar-refractivity contribution in [3.63, 3.8) is 0 Å². The van der Waals surface area contributed by atoms with Crippen LogP contribution in [-0.4, -0.2) is 22.4 Å². The molecule has 0 atom stereocenters. The first-order chi connectivity index (χ1) is 14.2. The van der Waals surface area contributed by atoms with Gasteiger partial charge in [-0.25, -0.2) is 9.48 Å². The van der Waals surface area contributed by atoms with Crippen LogP contribution in [0.25, 0.3) is 34.2 Å². The number of fused-ring (bicyclic) bond motifs is 1. The van der Waals surface area contributed by atoms with Gasteiger partial charge in [-0.3, -0.25) is 0 Å². The molecule has 0 saturated heterocycles. The first-order valence-electron chi connectivity index (χ1n) is 9.12. The Labute approximate surface area is 167 Å². The zero-order chi connectivity index (χ0) is 20.2. The molecule has 29 heavy (non-hydrogen) atoms. The fraction of sp³-hybridized carbons (Fsp3) is 0.0870. The highest BCUT2D eigenvalue weighted by molar-refractivity contribution is 5.99. The summed E-state index contributed by atoms with van der Waals surface area (Å²) >= 11 is 0. The van der Waals surface area contributed by atoms with Gasteiger partial charge >= 0.3 is 5.97 Å². The molecule has 4 rings (SSSR count). The SMILES string of the molecule is CCOC(=O)/C(C#N)=C/c1cn(-c2ccccc2)nc1-c1cc2ccccc2o1. The lowest BCUT2D eigenvalue weighted by Crippen LogP contribution is -2.06. The highest BCUT2D eigenvalue weighted by Crippen LogP contribution is 2.31. The summed E-state index contributed by atoms with van der Waals surface area (Å²) in [6.07, 6.45) is 3.24. The third kappa shape index (κ3) is 3.66. The minimum atomic E-state index is -0.669. The number of esters is 1. The summed E-state index contributed by atoms with van der Waals surface area (Å²) in [4.78, 5) is 12.1. The molecule has 0 amide bonds. The molecule has 6 heteroatoms. The minimum absolute atomic E-state index is 0.100. The Kier molecular flexibility index (Phi) is 4.95. The van der Waals surface area contributed by atoms with E-state index in [-0.39, 0.29) is 12.2 Å². The van der Waals surface area contributed by atoms with E-state index in [0.29, 0.717) is 17.0 Å². The normalized spacial score (nSPS) is 11.4. The van der Waals surface area contributed by atoms with Crippen LogP contribution in [0.4, 0.5) is 0 Å². The number of aromatic nitrogens is 2. The molecule has 0 radical (unpaired) electrons. The van der Waals surface area contributed by atoms with Gasteiger partial charge in [0.15, 0.2) is 5.76 Å². The lowest BCUT2D eigenvalue weighted by Gasteiger charge is -1.99. The summed E-state index contributed by atoms with van der Waals surface area (Å²) in [5.74, 6) is -0.119. The lowest BCUT2D eigenvalue weighted by atomic mass is 10.1. The summed E-state index contributed by atoms with van der Waals surface area (Å²) in [6.45, 7) is 1.89. The third-order valence-electron chi connectivity index (χ3n) is 4.34. The number of nitriles is 1. The van der Waals surface area contributed by atoms with Crippen LogP contribution in [0.5, 0.6) is 0 Å². The number of rotatable bonds is 5. The van der Waals surface area contributed by atoms with Gasteiger partial charge in [-0.05, 0) is 37.3 Å². The Balaban J connectivity index is 1.87. The fourth-order valence-corrected chi connectivity index (χ4v) is 3.00. The van der Waals surface area contributed by atoms with Crippen LogP contribution < -0.4 is 0 Å². The van der Waals surface area contributed by atoms with Crippen LogP contribution in [0.1, 0.15) is 12.5 Å². The van der Waals surface area contributed by atoms with Crippen molar-refractivity contribution >= 4 is 23.0 Å². The predicted molar refractivity (Wildman–Crippen MR) is 109 cm³/mol. The minimum Gasteiger partial charge on any atom is -0.462 e. The molecule has 0 unspecified atom stereocenters. The van der Waals surface area contributed by atoms with E-state index in [1.165, 1.54) is 6.08 Å². The Morgan fingerprint density at radius 1 is 1.21 bits per heavy atom. The van der Waals surface area contributed by atoms with Gasteiger partial charge in [0.05, 0.1) is 12.3 Å².